The molecule has 1 aromatic carbocycles. The van der Waals surface area contributed by atoms with Crippen LogP contribution < -0.4 is 5.73 Å². The summed E-state index contributed by atoms with van der Waals surface area (Å²) in [6, 6.07) is 7.54. The highest BCUT2D eigenvalue weighted by molar-refractivity contribution is 9.10. The number of benzene rings is 1. The summed E-state index contributed by atoms with van der Waals surface area (Å²) in [6.45, 7) is 4.89. The molecule has 4 heteroatoms. The van der Waals surface area contributed by atoms with Crippen LogP contribution in [0.1, 0.15) is 30.6 Å². The highest BCUT2D eigenvalue weighted by Gasteiger charge is 2.14. The summed E-state index contributed by atoms with van der Waals surface area (Å²) >= 11 is 3.36. The fraction of sp³-hybridized carbons (Fsp3) is 0.500. The summed E-state index contributed by atoms with van der Waals surface area (Å²) in [5.41, 5.74) is 6.69. The molecular formula is C14H21BrN2O. The highest BCUT2D eigenvalue weighted by Crippen LogP contribution is 2.12. The number of rotatable bonds is 5. The fourth-order valence-corrected chi connectivity index (χ4v) is 1.85. The Morgan fingerprint density at radius 3 is 2.39 bits per heavy atom. The molecule has 1 atom stereocenters. The van der Waals surface area contributed by atoms with Crippen molar-refractivity contribution in [2.24, 2.45) is 11.7 Å². The summed E-state index contributed by atoms with van der Waals surface area (Å²) < 4.78 is 0.975. The van der Waals surface area contributed by atoms with Gasteiger partial charge in [-0.1, -0.05) is 29.8 Å². The third-order valence-corrected chi connectivity index (χ3v) is 3.62. The van der Waals surface area contributed by atoms with Gasteiger partial charge in [-0.3, -0.25) is 4.79 Å². The van der Waals surface area contributed by atoms with E-state index in [0.717, 1.165) is 10.9 Å². The minimum atomic E-state index is 0.0402. The number of halogens is 1. The van der Waals surface area contributed by atoms with E-state index in [2.05, 4.69) is 29.8 Å². The zero-order valence-corrected chi connectivity index (χ0v) is 12.8. The highest BCUT2D eigenvalue weighted by atomic mass is 79.9. The summed E-state index contributed by atoms with van der Waals surface area (Å²) in [5.74, 6) is 0.486. The zero-order chi connectivity index (χ0) is 13.7. The Kier molecular flexibility index (Phi) is 5.82. The average molecular weight is 313 g/mol. The molecule has 0 fully saturated rings. The van der Waals surface area contributed by atoms with Crippen LogP contribution in [0.4, 0.5) is 0 Å². The van der Waals surface area contributed by atoms with Crippen LogP contribution in [0.15, 0.2) is 28.7 Å². The molecule has 1 rings (SSSR count). The van der Waals surface area contributed by atoms with Crippen LogP contribution in [0.2, 0.25) is 0 Å². The van der Waals surface area contributed by atoms with E-state index in [4.69, 9.17) is 5.73 Å². The van der Waals surface area contributed by atoms with Gasteiger partial charge in [-0.25, -0.2) is 0 Å². The Morgan fingerprint density at radius 2 is 1.89 bits per heavy atom. The Hall–Kier alpha value is -0.870. The van der Waals surface area contributed by atoms with E-state index in [1.165, 1.54) is 0 Å². The number of nitrogens with two attached hydrogens (primary N) is 1. The first-order chi connectivity index (χ1) is 8.41. The smallest absolute Gasteiger partial charge is 0.253 e. The predicted octanol–water partition coefficient (Wildman–Crippen LogP) is 2.89. The van der Waals surface area contributed by atoms with Gasteiger partial charge in [-0.15, -0.1) is 0 Å². The van der Waals surface area contributed by atoms with Crippen molar-refractivity contribution < 1.29 is 4.79 Å². The minimum Gasteiger partial charge on any atom is -0.342 e. The van der Waals surface area contributed by atoms with E-state index >= 15 is 0 Å². The third kappa shape index (κ3) is 4.42. The van der Waals surface area contributed by atoms with Crippen LogP contribution in [0.5, 0.6) is 0 Å². The Balaban J connectivity index is 2.54. The summed E-state index contributed by atoms with van der Waals surface area (Å²) in [7, 11) is 1.82. The Morgan fingerprint density at radius 1 is 1.33 bits per heavy atom. The predicted molar refractivity (Wildman–Crippen MR) is 78.5 cm³/mol. The van der Waals surface area contributed by atoms with Crippen molar-refractivity contribution in [2.75, 3.05) is 13.6 Å². The van der Waals surface area contributed by atoms with E-state index in [0.29, 0.717) is 18.0 Å². The van der Waals surface area contributed by atoms with Gasteiger partial charge in [0.05, 0.1) is 0 Å². The minimum absolute atomic E-state index is 0.0402. The maximum atomic E-state index is 12.1. The van der Waals surface area contributed by atoms with Gasteiger partial charge >= 0.3 is 0 Å². The lowest BCUT2D eigenvalue weighted by Gasteiger charge is -2.21. The van der Waals surface area contributed by atoms with Crippen molar-refractivity contribution in [3.8, 4) is 0 Å². The van der Waals surface area contributed by atoms with E-state index < -0.39 is 0 Å². The molecule has 0 spiro atoms. The second kappa shape index (κ2) is 6.90. The van der Waals surface area contributed by atoms with Gasteiger partial charge in [0.15, 0.2) is 0 Å². The number of hydrogen-bond donors (Lipinski definition) is 1. The van der Waals surface area contributed by atoms with Crippen molar-refractivity contribution in [2.45, 2.75) is 26.3 Å². The normalized spacial score (nSPS) is 12.6. The summed E-state index contributed by atoms with van der Waals surface area (Å²) in [6.07, 6.45) is 0.830. The van der Waals surface area contributed by atoms with E-state index in [1.54, 1.807) is 4.90 Å². The lowest BCUT2D eigenvalue weighted by atomic mass is 10.0. The van der Waals surface area contributed by atoms with Crippen molar-refractivity contribution in [1.82, 2.24) is 4.90 Å². The fourth-order valence-electron chi connectivity index (χ4n) is 1.59. The number of amides is 1. The van der Waals surface area contributed by atoms with Crippen LogP contribution in [-0.4, -0.2) is 30.4 Å². The molecule has 0 aliphatic heterocycles. The van der Waals surface area contributed by atoms with Crippen molar-refractivity contribution in [3.63, 3.8) is 0 Å². The summed E-state index contributed by atoms with van der Waals surface area (Å²) in [5, 5.41) is 0. The maximum absolute atomic E-state index is 12.1. The molecule has 18 heavy (non-hydrogen) atoms. The van der Waals surface area contributed by atoms with Gasteiger partial charge in [0.25, 0.3) is 5.91 Å². The molecule has 1 amide bonds. The molecular weight excluding hydrogens is 292 g/mol. The van der Waals surface area contributed by atoms with Crippen LogP contribution in [0.25, 0.3) is 0 Å². The molecule has 0 aliphatic rings. The molecule has 1 aromatic rings. The van der Waals surface area contributed by atoms with Gasteiger partial charge in [0.1, 0.15) is 0 Å². The second-order valence-electron chi connectivity index (χ2n) is 4.93. The van der Waals surface area contributed by atoms with Crippen molar-refractivity contribution in [1.29, 1.82) is 0 Å². The molecule has 100 valence electrons. The van der Waals surface area contributed by atoms with E-state index in [9.17, 15) is 4.79 Å². The Labute approximate surface area is 117 Å². The molecule has 0 aliphatic carbocycles. The van der Waals surface area contributed by atoms with Crippen molar-refractivity contribution in [3.05, 3.63) is 34.3 Å². The quantitative estimate of drug-likeness (QED) is 0.908. The van der Waals surface area contributed by atoms with Gasteiger partial charge in [-0.2, -0.15) is 0 Å². The SMILES string of the molecule is CC(C)C(N)CCN(C)C(=O)c1ccc(Br)cc1. The van der Waals surface area contributed by atoms with Crippen LogP contribution >= 0.6 is 15.9 Å². The molecule has 1 unspecified atom stereocenters. The maximum Gasteiger partial charge on any atom is 0.253 e. The van der Waals surface area contributed by atoms with Gasteiger partial charge in [-0.05, 0) is 36.6 Å². The van der Waals surface area contributed by atoms with Gasteiger partial charge in [0.2, 0.25) is 0 Å². The van der Waals surface area contributed by atoms with Crippen molar-refractivity contribution >= 4 is 21.8 Å². The van der Waals surface area contributed by atoms with Crippen LogP contribution in [0, 0.1) is 5.92 Å². The molecule has 0 aromatic heterocycles. The van der Waals surface area contributed by atoms with E-state index in [-0.39, 0.29) is 11.9 Å². The lowest BCUT2D eigenvalue weighted by molar-refractivity contribution is 0.0789. The molecule has 0 bridgehead atoms. The first kappa shape index (κ1) is 15.2. The standard InChI is InChI=1S/C14H21BrN2O/c1-10(2)13(16)8-9-17(3)14(18)11-4-6-12(15)7-5-11/h4-7,10,13H,8-9,16H2,1-3H3. The Bertz CT molecular complexity index is 389. The van der Waals surface area contributed by atoms with Crippen LogP contribution in [-0.2, 0) is 0 Å². The third-order valence-electron chi connectivity index (χ3n) is 3.09. The lowest BCUT2D eigenvalue weighted by Crippen LogP contribution is -2.34. The second-order valence-corrected chi connectivity index (χ2v) is 5.85. The van der Waals surface area contributed by atoms with Crippen LogP contribution in [0.3, 0.4) is 0 Å². The largest absolute Gasteiger partial charge is 0.342 e. The number of carbonyl (C=O) groups excluding carboxylic acids is 1. The first-order valence-corrected chi connectivity index (χ1v) is 6.97. The van der Waals surface area contributed by atoms with E-state index in [1.807, 2.05) is 31.3 Å². The zero-order valence-electron chi connectivity index (χ0n) is 11.2. The van der Waals surface area contributed by atoms with Gasteiger partial charge < -0.3 is 10.6 Å². The molecule has 3 nitrogen and oxygen atoms in total. The molecule has 2 N–H and O–H groups in total. The topological polar surface area (TPSA) is 46.3 Å². The molecule has 0 saturated heterocycles. The average Bonchev–Trinajstić information content (AvgIpc) is 2.35. The molecule has 0 saturated carbocycles. The monoisotopic (exact) mass is 312 g/mol. The number of nitrogens with zero attached hydrogens (tertiary/aromatic N) is 1. The number of carbonyl (C=O) groups is 1. The summed E-state index contributed by atoms with van der Waals surface area (Å²) in [4.78, 5) is 13.8. The van der Waals surface area contributed by atoms with Gasteiger partial charge in [0, 0.05) is 29.7 Å². The first-order valence-electron chi connectivity index (χ1n) is 6.18. The molecule has 0 radical (unpaired) electrons. The molecule has 0 heterocycles. The number of hydrogen-bond acceptors (Lipinski definition) is 2.